The highest BCUT2D eigenvalue weighted by Gasteiger charge is 2.59. The Bertz CT molecular complexity index is 1230. The van der Waals surface area contributed by atoms with Gasteiger partial charge in [-0.3, -0.25) is 14.4 Å². The summed E-state index contributed by atoms with van der Waals surface area (Å²) in [6.07, 6.45) is 4.65. The lowest BCUT2D eigenvalue weighted by Gasteiger charge is -2.28. The minimum Gasteiger partial charge on any atom is -0.356 e. The fourth-order valence-electron chi connectivity index (χ4n) is 5.84. The largest absolute Gasteiger partial charge is 0.356 e. The lowest BCUT2D eigenvalue weighted by atomic mass is 9.90. The van der Waals surface area contributed by atoms with E-state index in [9.17, 15) is 23.2 Å². The highest BCUT2D eigenvalue weighted by molar-refractivity contribution is 6.00. The molecule has 1 fully saturated rings. The first-order chi connectivity index (χ1) is 20.0. The van der Waals surface area contributed by atoms with Gasteiger partial charge in [-0.1, -0.05) is 20.8 Å². The van der Waals surface area contributed by atoms with E-state index in [1.165, 1.54) is 12.1 Å². The highest BCUT2D eigenvalue weighted by Crippen LogP contribution is 2.57. The summed E-state index contributed by atoms with van der Waals surface area (Å²) in [4.78, 5) is 41.0. The number of benzene rings is 2. The molecule has 1 aliphatic carbocycles. The molecule has 9 heteroatoms. The second-order valence-corrected chi connectivity index (χ2v) is 11.6. The van der Waals surface area contributed by atoms with Crippen molar-refractivity contribution in [2.45, 2.75) is 84.1 Å². The van der Waals surface area contributed by atoms with Crippen molar-refractivity contribution in [2.24, 2.45) is 11.7 Å². The van der Waals surface area contributed by atoms with Crippen molar-refractivity contribution in [1.29, 1.82) is 0 Å². The van der Waals surface area contributed by atoms with Crippen molar-refractivity contribution in [3.63, 3.8) is 0 Å². The van der Waals surface area contributed by atoms with Gasteiger partial charge in [-0.15, -0.1) is 0 Å². The van der Waals surface area contributed by atoms with Gasteiger partial charge < -0.3 is 21.3 Å². The normalized spacial score (nSPS) is 18.3. The standard InChI is InChI=1S/C33H46F2N4O3/c1-5-13-39(14-6-2)32(42)26-16-22(3)15-25(17-26)31(41)38-33(21-29(33)24-18-27(34)20-28(35)19-24)23(4)10-12-37-30(40)9-7-8-11-36/h15-20,23,29H,5-14,21,36H2,1-4H3,(H,37,40)(H,38,41)/t23-,29-,33?/m0/s1. The van der Waals surface area contributed by atoms with Crippen molar-refractivity contribution in [2.75, 3.05) is 26.2 Å². The van der Waals surface area contributed by atoms with Crippen molar-refractivity contribution >= 4 is 17.7 Å². The first kappa shape index (κ1) is 33.2. The quantitative estimate of drug-likeness (QED) is 0.228. The molecule has 0 saturated heterocycles. The topological polar surface area (TPSA) is 105 Å². The zero-order chi connectivity index (χ0) is 30.9. The van der Waals surface area contributed by atoms with E-state index in [1.54, 1.807) is 23.1 Å². The molecule has 4 N–H and O–H groups in total. The van der Waals surface area contributed by atoms with E-state index in [-0.39, 0.29) is 29.6 Å². The van der Waals surface area contributed by atoms with Crippen LogP contribution in [0.2, 0.25) is 0 Å². The van der Waals surface area contributed by atoms with E-state index in [4.69, 9.17) is 5.73 Å². The molecule has 7 nitrogen and oxygen atoms in total. The van der Waals surface area contributed by atoms with Gasteiger partial charge in [0.15, 0.2) is 0 Å². The predicted octanol–water partition coefficient (Wildman–Crippen LogP) is 5.46. The number of unbranched alkanes of at least 4 members (excludes halogenated alkanes) is 1. The van der Waals surface area contributed by atoms with Gasteiger partial charge in [0.05, 0.1) is 5.54 Å². The molecule has 42 heavy (non-hydrogen) atoms. The van der Waals surface area contributed by atoms with Crippen LogP contribution in [0.3, 0.4) is 0 Å². The summed E-state index contributed by atoms with van der Waals surface area (Å²) in [7, 11) is 0. The lowest BCUT2D eigenvalue weighted by Crippen LogP contribution is -2.44. The zero-order valence-electron chi connectivity index (χ0n) is 25.4. The van der Waals surface area contributed by atoms with Crippen LogP contribution in [0.15, 0.2) is 36.4 Å². The summed E-state index contributed by atoms with van der Waals surface area (Å²) >= 11 is 0. The van der Waals surface area contributed by atoms with Gasteiger partial charge >= 0.3 is 0 Å². The van der Waals surface area contributed by atoms with Gasteiger partial charge in [-0.25, -0.2) is 8.78 Å². The maximum atomic E-state index is 14.1. The Morgan fingerprint density at radius 2 is 1.64 bits per heavy atom. The average Bonchev–Trinajstić information content (AvgIpc) is 3.67. The Morgan fingerprint density at radius 1 is 1.00 bits per heavy atom. The van der Waals surface area contributed by atoms with Gasteiger partial charge in [0.1, 0.15) is 11.6 Å². The minimum atomic E-state index is -0.758. The van der Waals surface area contributed by atoms with Crippen molar-refractivity contribution in [1.82, 2.24) is 15.5 Å². The summed E-state index contributed by atoms with van der Waals surface area (Å²) in [5.74, 6) is -2.25. The molecule has 1 unspecified atom stereocenters. The number of nitrogens with zero attached hydrogens (tertiary/aromatic N) is 1. The molecule has 0 aliphatic heterocycles. The molecule has 3 atom stereocenters. The SMILES string of the molecule is CCCN(CCC)C(=O)c1cc(C)cc(C(=O)NC2([C@@H](C)CCNC(=O)CCCCN)C[C@H]2c2cc(F)cc(F)c2)c1. The van der Waals surface area contributed by atoms with Gasteiger partial charge in [-0.2, -0.15) is 0 Å². The first-order valence-corrected chi connectivity index (χ1v) is 15.2. The molecule has 0 aromatic heterocycles. The molecule has 0 radical (unpaired) electrons. The van der Waals surface area contributed by atoms with Crippen LogP contribution in [0.5, 0.6) is 0 Å². The summed E-state index contributed by atoms with van der Waals surface area (Å²) in [6.45, 7) is 10.1. The van der Waals surface area contributed by atoms with Crippen molar-refractivity contribution in [3.8, 4) is 0 Å². The number of aryl methyl sites for hydroxylation is 1. The van der Waals surface area contributed by atoms with Gasteiger partial charge in [-0.05, 0) is 99.4 Å². The number of carbonyl (C=O) groups excluding carboxylic acids is 3. The molecule has 230 valence electrons. The van der Waals surface area contributed by atoms with E-state index in [0.717, 1.165) is 37.3 Å². The van der Waals surface area contributed by atoms with Crippen LogP contribution in [0.1, 0.15) is 103 Å². The zero-order valence-corrected chi connectivity index (χ0v) is 25.4. The van der Waals surface area contributed by atoms with Gasteiger partial charge in [0, 0.05) is 49.2 Å². The molecular weight excluding hydrogens is 538 g/mol. The monoisotopic (exact) mass is 584 g/mol. The number of rotatable bonds is 16. The number of hydrogen-bond acceptors (Lipinski definition) is 4. The van der Waals surface area contributed by atoms with E-state index < -0.39 is 17.2 Å². The molecule has 3 rings (SSSR count). The Labute approximate surface area is 248 Å². The minimum absolute atomic E-state index is 0.0505. The number of halogens is 2. The fraction of sp³-hybridized carbons (Fsp3) is 0.545. The molecule has 2 aromatic carbocycles. The smallest absolute Gasteiger partial charge is 0.253 e. The van der Waals surface area contributed by atoms with Crippen LogP contribution in [-0.2, 0) is 4.79 Å². The Kier molecular flexibility index (Phi) is 12.0. The lowest BCUT2D eigenvalue weighted by molar-refractivity contribution is -0.121. The van der Waals surface area contributed by atoms with Crippen LogP contribution in [0.25, 0.3) is 0 Å². The molecule has 1 saturated carbocycles. The van der Waals surface area contributed by atoms with Crippen LogP contribution >= 0.6 is 0 Å². The molecule has 0 heterocycles. The maximum Gasteiger partial charge on any atom is 0.253 e. The van der Waals surface area contributed by atoms with E-state index in [0.29, 0.717) is 62.1 Å². The molecule has 2 aromatic rings. The molecule has 1 aliphatic rings. The number of carbonyl (C=O) groups is 3. The van der Waals surface area contributed by atoms with E-state index in [2.05, 4.69) is 10.6 Å². The average molecular weight is 585 g/mol. The highest BCUT2D eigenvalue weighted by atomic mass is 19.1. The molecular formula is C33H46F2N4O3. The summed E-state index contributed by atoms with van der Waals surface area (Å²) in [6, 6.07) is 8.63. The Morgan fingerprint density at radius 3 is 2.26 bits per heavy atom. The summed E-state index contributed by atoms with van der Waals surface area (Å²) in [5.41, 5.74) is 6.85. The Balaban J connectivity index is 1.82. The first-order valence-electron chi connectivity index (χ1n) is 15.2. The third kappa shape index (κ3) is 8.60. The van der Waals surface area contributed by atoms with E-state index in [1.807, 2.05) is 27.7 Å². The van der Waals surface area contributed by atoms with Crippen molar-refractivity contribution < 1.29 is 23.2 Å². The third-order valence-corrected chi connectivity index (χ3v) is 8.13. The number of hydrogen-bond donors (Lipinski definition) is 3. The van der Waals surface area contributed by atoms with E-state index >= 15 is 0 Å². The second kappa shape index (κ2) is 15.2. The number of amides is 3. The predicted molar refractivity (Wildman–Crippen MR) is 161 cm³/mol. The molecule has 0 spiro atoms. The number of nitrogens with one attached hydrogen (secondary N) is 2. The molecule has 0 bridgehead atoms. The fourth-order valence-corrected chi connectivity index (χ4v) is 5.84. The van der Waals surface area contributed by atoms with Crippen LogP contribution in [-0.4, -0.2) is 54.3 Å². The second-order valence-electron chi connectivity index (χ2n) is 11.6. The summed E-state index contributed by atoms with van der Waals surface area (Å²) < 4.78 is 28.3. The van der Waals surface area contributed by atoms with Gasteiger partial charge in [0.25, 0.3) is 11.8 Å². The maximum absolute atomic E-state index is 14.1. The van der Waals surface area contributed by atoms with Crippen molar-refractivity contribution in [3.05, 3.63) is 70.3 Å². The van der Waals surface area contributed by atoms with Crippen LogP contribution < -0.4 is 16.4 Å². The Hall–Kier alpha value is -3.33. The summed E-state index contributed by atoms with van der Waals surface area (Å²) in [5, 5.41) is 6.12. The third-order valence-electron chi connectivity index (χ3n) is 8.13. The molecule has 3 amide bonds. The number of nitrogens with two attached hydrogens (primary N) is 1. The van der Waals surface area contributed by atoms with Crippen LogP contribution in [0.4, 0.5) is 8.78 Å². The van der Waals surface area contributed by atoms with Gasteiger partial charge in [0.2, 0.25) is 5.91 Å². The van der Waals surface area contributed by atoms with Crippen LogP contribution in [0, 0.1) is 24.5 Å².